The Morgan fingerprint density at radius 2 is 1.89 bits per heavy atom. The number of aromatic nitrogens is 3. The molecule has 0 amide bonds. The Bertz CT molecular complexity index is 540. The molecule has 2 rings (SSSR count). The molecule has 0 aliphatic rings. The number of nitrogens with zero attached hydrogens (tertiary/aromatic N) is 3. The van der Waals surface area contributed by atoms with Gasteiger partial charge in [0.05, 0.1) is 6.20 Å². The molecule has 0 atom stereocenters. The zero-order chi connectivity index (χ0) is 13.9. The highest BCUT2D eigenvalue weighted by atomic mass is 79.9. The second-order valence-electron chi connectivity index (χ2n) is 4.85. The first-order chi connectivity index (χ1) is 8.97. The van der Waals surface area contributed by atoms with Crippen LogP contribution in [0.1, 0.15) is 19.4 Å². The lowest BCUT2D eigenvalue weighted by Crippen LogP contribution is -2.28. The summed E-state index contributed by atoms with van der Waals surface area (Å²) in [5.41, 5.74) is 0.885. The van der Waals surface area contributed by atoms with Crippen molar-refractivity contribution in [3.05, 3.63) is 46.4 Å². The van der Waals surface area contributed by atoms with Crippen molar-refractivity contribution in [3.8, 4) is 0 Å². The van der Waals surface area contributed by atoms with Gasteiger partial charge in [0.15, 0.2) is 0 Å². The van der Waals surface area contributed by atoms with E-state index in [1.807, 2.05) is 0 Å². The Hall–Kier alpha value is -1.56. The zero-order valence-electron chi connectivity index (χ0n) is 10.7. The molecule has 0 bridgehead atoms. The molecular weight excluding hydrogens is 311 g/mol. The lowest BCUT2D eigenvalue weighted by molar-refractivity contribution is 0.550. The van der Waals surface area contributed by atoms with Gasteiger partial charge in [0, 0.05) is 12.0 Å². The summed E-state index contributed by atoms with van der Waals surface area (Å²) >= 11 is 3.18. The van der Waals surface area contributed by atoms with Crippen LogP contribution < -0.4 is 5.32 Å². The van der Waals surface area contributed by atoms with Crippen LogP contribution >= 0.6 is 15.9 Å². The topological polar surface area (TPSA) is 50.7 Å². The highest BCUT2D eigenvalue weighted by Crippen LogP contribution is 2.23. The molecule has 1 N–H and O–H groups in total. The summed E-state index contributed by atoms with van der Waals surface area (Å²) in [6, 6.07) is 6.51. The second kappa shape index (κ2) is 5.61. The van der Waals surface area contributed by atoms with E-state index in [1.54, 1.807) is 18.3 Å². The Labute approximate surface area is 119 Å². The van der Waals surface area contributed by atoms with Crippen LogP contribution in [-0.2, 0) is 5.41 Å². The quantitative estimate of drug-likeness (QED) is 0.938. The Morgan fingerprint density at radius 1 is 1.21 bits per heavy atom. The van der Waals surface area contributed by atoms with Crippen molar-refractivity contribution in [1.29, 1.82) is 0 Å². The Kier molecular flexibility index (Phi) is 4.09. The fourth-order valence-electron chi connectivity index (χ4n) is 1.65. The first kappa shape index (κ1) is 13.9. The third-order valence-electron chi connectivity index (χ3n) is 2.85. The number of hydrogen-bond donors (Lipinski definition) is 1. The van der Waals surface area contributed by atoms with Crippen LogP contribution in [0.4, 0.5) is 10.3 Å². The minimum absolute atomic E-state index is 0.163. The minimum atomic E-state index is -0.229. The highest BCUT2D eigenvalue weighted by Gasteiger charge is 2.20. The minimum Gasteiger partial charge on any atom is -0.352 e. The van der Waals surface area contributed by atoms with E-state index in [-0.39, 0.29) is 11.2 Å². The van der Waals surface area contributed by atoms with Crippen molar-refractivity contribution >= 4 is 21.9 Å². The van der Waals surface area contributed by atoms with Gasteiger partial charge in [-0.25, -0.2) is 9.37 Å². The van der Waals surface area contributed by atoms with Crippen molar-refractivity contribution in [2.75, 3.05) is 11.9 Å². The van der Waals surface area contributed by atoms with E-state index in [0.29, 0.717) is 17.1 Å². The number of anilines is 1. The summed E-state index contributed by atoms with van der Waals surface area (Å²) in [4.78, 5) is 4.10. The lowest BCUT2D eigenvalue weighted by atomic mass is 9.84. The highest BCUT2D eigenvalue weighted by molar-refractivity contribution is 9.10. The lowest BCUT2D eigenvalue weighted by Gasteiger charge is -2.25. The van der Waals surface area contributed by atoms with E-state index >= 15 is 0 Å². The Balaban J connectivity index is 2.04. The molecule has 2 aromatic rings. The van der Waals surface area contributed by atoms with Crippen LogP contribution in [0, 0.1) is 5.82 Å². The molecule has 0 aliphatic heterocycles. The number of benzene rings is 1. The van der Waals surface area contributed by atoms with Crippen molar-refractivity contribution < 1.29 is 4.39 Å². The summed E-state index contributed by atoms with van der Waals surface area (Å²) in [6.45, 7) is 4.76. The molecule has 0 aliphatic carbocycles. The molecule has 0 spiro atoms. The molecule has 4 nitrogen and oxygen atoms in total. The molecule has 19 heavy (non-hydrogen) atoms. The van der Waals surface area contributed by atoms with Gasteiger partial charge in [-0.05, 0) is 33.6 Å². The molecule has 0 unspecified atom stereocenters. The van der Waals surface area contributed by atoms with Gasteiger partial charge in [-0.1, -0.05) is 26.0 Å². The maximum absolute atomic E-state index is 12.9. The SMILES string of the molecule is CC(C)(CNc1ncc(Br)nn1)c1ccc(F)cc1. The molecule has 6 heteroatoms. The third kappa shape index (κ3) is 3.70. The fraction of sp³-hybridized carbons (Fsp3) is 0.308. The summed E-state index contributed by atoms with van der Waals surface area (Å²) < 4.78 is 13.5. The van der Waals surface area contributed by atoms with Gasteiger partial charge < -0.3 is 5.32 Å². The zero-order valence-corrected chi connectivity index (χ0v) is 12.3. The molecule has 100 valence electrons. The maximum Gasteiger partial charge on any atom is 0.242 e. The van der Waals surface area contributed by atoms with Gasteiger partial charge in [0.2, 0.25) is 5.95 Å². The summed E-state index contributed by atoms with van der Waals surface area (Å²) in [7, 11) is 0. The number of halogens is 2. The number of nitrogens with one attached hydrogen (secondary N) is 1. The monoisotopic (exact) mass is 324 g/mol. The van der Waals surface area contributed by atoms with Gasteiger partial charge >= 0.3 is 0 Å². The predicted molar refractivity (Wildman–Crippen MR) is 75.4 cm³/mol. The van der Waals surface area contributed by atoms with Crippen molar-refractivity contribution in [2.24, 2.45) is 0 Å². The summed E-state index contributed by atoms with van der Waals surface area (Å²) in [5, 5.41) is 10.9. The van der Waals surface area contributed by atoms with Crippen LogP contribution in [-0.4, -0.2) is 21.7 Å². The molecule has 0 saturated heterocycles. The average molecular weight is 325 g/mol. The summed E-state index contributed by atoms with van der Waals surface area (Å²) in [5.74, 6) is 0.242. The van der Waals surface area contributed by atoms with Gasteiger partial charge in [-0.2, -0.15) is 0 Å². The van der Waals surface area contributed by atoms with E-state index in [2.05, 4.69) is 50.3 Å². The second-order valence-corrected chi connectivity index (χ2v) is 5.66. The van der Waals surface area contributed by atoms with Gasteiger partial charge in [0.25, 0.3) is 0 Å². The van der Waals surface area contributed by atoms with Crippen LogP contribution in [0.15, 0.2) is 35.1 Å². The molecule has 0 fully saturated rings. The van der Waals surface area contributed by atoms with E-state index in [4.69, 9.17) is 0 Å². The molecule has 1 aromatic carbocycles. The smallest absolute Gasteiger partial charge is 0.242 e. The average Bonchev–Trinajstić information content (AvgIpc) is 2.39. The van der Waals surface area contributed by atoms with Crippen molar-refractivity contribution in [3.63, 3.8) is 0 Å². The first-order valence-electron chi connectivity index (χ1n) is 5.82. The van der Waals surface area contributed by atoms with Crippen LogP contribution in [0.5, 0.6) is 0 Å². The van der Waals surface area contributed by atoms with Crippen LogP contribution in [0.2, 0.25) is 0 Å². The first-order valence-corrected chi connectivity index (χ1v) is 6.62. The fourth-order valence-corrected chi connectivity index (χ4v) is 1.83. The summed E-state index contributed by atoms with van der Waals surface area (Å²) in [6.07, 6.45) is 1.58. The van der Waals surface area contributed by atoms with E-state index in [0.717, 1.165) is 5.56 Å². The van der Waals surface area contributed by atoms with Crippen molar-refractivity contribution in [2.45, 2.75) is 19.3 Å². The van der Waals surface area contributed by atoms with Crippen LogP contribution in [0.25, 0.3) is 0 Å². The van der Waals surface area contributed by atoms with E-state index in [9.17, 15) is 4.39 Å². The number of hydrogen-bond acceptors (Lipinski definition) is 4. The van der Waals surface area contributed by atoms with E-state index < -0.39 is 0 Å². The standard InChI is InChI=1S/C13H14BrFN4/c1-13(2,9-3-5-10(15)6-4-9)8-17-12-16-7-11(14)18-19-12/h3-7H,8H2,1-2H3,(H,16,17,19). The largest absolute Gasteiger partial charge is 0.352 e. The normalized spacial score (nSPS) is 11.4. The molecule has 1 aromatic heterocycles. The molecule has 1 heterocycles. The third-order valence-corrected chi connectivity index (χ3v) is 3.21. The molecule has 0 saturated carbocycles. The Morgan fingerprint density at radius 3 is 2.47 bits per heavy atom. The number of rotatable bonds is 4. The predicted octanol–water partition coefficient (Wildman–Crippen LogP) is 3.16. The van der Waals surface area contributed by atoms with Crippen LogP contribution in [0.3, 0.4) is 0 Å². The molecule has 0 radical (unpaired) electrons. The maximum atomic E-state index is 12.9. The van der Waals surface area contributed by atoms with Crippen molar-refractivity contribution in [1.82, 2.24) is 15.2 Å². The van der Waals surface area contributed by atoms with Gasteiger partial charge in [0.1, 0.15) is 10.4 Å². The molecular formula is C13H14BrFN4. The van der Waals surface area contributed by atoms with Gasteiger partial charge in [-0.3, -0.25) is 0 Å². The van der Waals surface area contributed by atoms with Gasteiger partial charge in [-0.15, -0.1) is 10.2 Å². The van der Waals surface area contributed by atoms with E-state index in [1.165, 1.54) is 12.1 Å².